The number of carbonyl (C=O) groups is 3. The third-order valence-corrected chi connectivity index (χ3v) is 6.03. The SMILES string of the molecule is Cc1ccc(Cn2c(O)c(C(=O)NCC(=O)O)c(O)c(C(=O)NC3CCCCC3)c2=O)c(C)c1. The molecule has 1 aliphatic rings. The van der Waals surface area contributed by atoms with Crippen LogP contribution in [0.25, 0.3) is 0 Å². The van der Waals surface area contributed by atoms with E-state index in [2.05, 4.69) is 10.6 Å². The molecule has 0 unspecified atom stereocenters. The summed E-state index contributed by atoms with van der Waals surface area (Å²) in [5.74, 6) is -5.17. The van der Waals surface area contributed by atoms with E-state index < -0.39 is 52.6 Å². The fourth-order valence-corrected chi connectivity index (χ4v) is 4.20. The first-order valence-corrected chi connectivity index (χ1v) is 11.2. The summed E-state index contributed by atoms with van der Waals surface area (Å²) >= 11 is 0. The number of nitrogens with zero attached hydrogens (tertiary/aromatic N) is 1. The number of aliphatic carboxylic acids is 1. The molecule has 5 N–H and O–H groups in total. The van der Waals surface area contributed by atoms with Crippen molar-refractivity contribution in [2.24, 2.45) is 0 Å². The summed E-state index contributed by atoms with van der Waals surface area (Å²) in [5, 5.41) is 35.2. The smallest absolute Gasteiger partial charge is 0.322 e. The van der Waals surface area contributed by atoms with Gasteiger partial charge < -0.3 is 26.0 Å². The predicted molar refractivity (Wildman–Crippen MR) is 123 cm³/mol. The molecule has 1 aromatic carbocycles. The van der Waals surface area contributed by atoms with Crippen molar-refractivity contribution in [2.45, 2.75) is 58.5 Å². The Morgan fingerprint density at radius 2 is 1.71 bits per heavy atom. The Labute approximate surface area is 196 Å². The predicted octanol–water partition coefficient (Wildman–Crippen LogP) is 1.80. The number of hydrogen-bond donors (Lipinski definition) is 5. The molecule has 10 nitrogen and oxygen atoms in total. The lowest BCUT2D eigenvalue weighted by Gasteiger charge is -2.23. The molecule has 1 fully saturated rings. The lowest BCUT2D eigenvalue weighted by molar-refractivity contribution is -0.135. The first-order valence-electron chi connectivity index (χ1n) is 11.2. The highest BCUT2D eigenvalue weighted by Crippen LogP contribution is 2.30. The summed E-state index contributed by atoms with van der Waals surface area (Å²) in [6, 6.07) is 5.29. The topological polar surface area (TPSA) is 158 Å². The van der Waals surface area contributed by atoms with Crippen LogP contribution in [0.5, 0.6) is 11.6 Å². The maximum atomic E-state index is 13.3. The summed E-state index contributed by atoms with van der Waals surface area (Å²) in [6.45, 7) is 2.78. The first kappa shape index (κ1) is 24.8. The average molecular weight is 472 g/mol. The van der Waals surface area contributed by atoms with Crippen molar-refractivity contribution in [1.82, 2.24) is 15.2 Å². The number of carbonyl (C=O) groups excluding carboxylic acids is 2. The number of hydrogen-bond acceptors (Lipinski definition) is 6. The van der Waals surface area contributed by atoms with Crippen molar-refractivity contribution in [3.63, 3.8) is 0 Å². The van der Waals surface area contributed by atoms with Crippen LogP contribution < -0.4 is 16.2 Å². The van der Waals surface area contributed by atoms with Crippen molar-refractivity contribution in [3.05, 3.63) is 56.4 Å². The Morgan fingerprint density at radius 1 is 1.03 bits per heavy atom. The van der Waals surface area contributed by atoms with Gasteiger partial charge in [0, 0.05) is 6.04 Å². The fourth-order valence-electron chi connectivity index (χ4n) is 4.20. The van der Waals surface area contributed by atoms with E-state index in [4.69, 9.17) is 5.11 Å². The van der Waals surface area contributed by atoms with E-state index in [-0.39, 0.29) is 12.6 Å². The van der Waals surface area contributed by atoms with Crippen LogP contribution in [-0.4, -0.2) is 50.3 Å². The van der Waals surface area contributed by atoms with E-state index in [9.17, 15) is 29.4 Å². The van der Waals surface area contributed by atoms with Crippen LogP contribution in [0.1, 0.15) is 69.5 Å². The number of aryl methyl sites for hydroxylation is 2. The monoisotopic (exact) mass is 471 g/mol. The summed E-state index contributed by atoms with van der Waals surface area (Å²) < 4.78 is 0.836. The van der Waals surface area contributed by atoms with Crippen molar-refractivity contribution in [3.8, 4) is 11.6 Å². The minimum atomic E-state index is -1.34. The lowest BCUT2D eigenvalue weighted by atomic mass is 9.95. The molecule has 2 aromatic rings. The molecule has 10 heteroatoms. The Bertz CT molecular complexity index is 1180. The third-order valence-electron chi connectivity index (χ3n) is 6.03. The summed E-state index contributed by atoms with van der Waals surface area (Å²) in [5.41, 5.74) is 0.101. The van der Waals surface area contributed by atoms with Gasteiger partial charge in [-0.25, -0.2) is 0 Å². The largest absolute Gasteiger partial charge is 0.506 e. The zero-order valence-corrected chi connectivity index (χ0v) is 19.2. The number of aromatic nitrogens is 1. The number of aromatic hydroxyl groups is 2. The highest BCUT2D eigenvalue weighted by molar-refractivity contribution is 6.05. The van der Waals surface area contributed by atoms with Crippen molar-refractivity contribution >= 4 is 17.8 Å². The molecule has 1 heterocycles. The van der Waals surface area contributed by atoms with Gasteiger partial charge in [-0.15, -0.1) is 0 Å². The molecule has 1 aliphatic carbocycles. The average Bonchev–Trinajstić information content (AvgIpc) is 2.77. The zero-order valence-electron chi connectivity index (χ0n) is 19.2. The molecule has 0 atom stereocenters. The Balaban J connectivity index is 2.11. The number of nitrogens with one attached hydrogen (secondary N) is 2. The second-order valence-electron chi connectivity index (χ2n) is 8.63. The van der Waals surface area contributed by atoms with Crippen LogP contribution in [0.2, 0.25) is 0 Å². The normalized spacial score (nSPS) is 13.9. The Morgan fingerprint density at radius 3 is 2.32 bits per heavy atom. The third kappa shape index (κ3) is 5.38. The molecule has 0 aliphatic heterocycles. The van der Waals surface area contributed by atoms with Gasteiger partial charge in [-0.2, -0.15) is 0 Å². The van der Waals surface area contributed by atoms with Gasteiger partial charge in [0.15, 0.2) is 5.75 Å². The number of pyridine rings is 1. The molecule has 1 saturated carbocycles. The second kappa shape index (κ2) is 10.4. The van der Waals surface area contributed by atoms with Gasteiger partial charge in [0.2, 0.25) is 5.88 Å². The molecule has 2 amide bonds. The molecule has 182 valence electrons. The molecule has 0 spiro atoms. The summed E-state index contributed by atoms with van der Waals surface area (Å²) in [7, 11) is 0. The van der Waals surface area contributed by atoms with Crippen LogP contribution in [-0.2, 0) is 11.3 Å². The number of rotatable bonds is 7. The fraction of sp³-hybridized carbons (Fsp3) is 0.417. The van der Waals surface area contributed by atoms with Gasteiger partial charge in [0.05, 0.1) is 6.54 Å². The molecule has 0 saturated heterocycles. The maximum Gasteiger partial charge on any atom is 0.322 e. The summed E-state index contributed by atoms with van der Waals surface area (Å²) in [4.78, 5) is 49.8. The maximum absolute atomic E-state index is 13.3. The Hall–Kier alpha value is -3.82. The van der Waals surface area contributed by atoms with Crippen molar-refractivity contribution < 1.29 is 29.7 Å². The number of carboxylic acid groups (broad SMARTS) is 1. The van der Waals surface area contributed by atoms with E-state index in [1.54, 1.807) is 6.07 Å². The van der Waals surface area contributed by atoms with E-state index in [0.717, 1.165) is 47.8 Å². The van der Waals surface area contributed by atoms with Gasteiger partial charge in [0.25, 0.3) is 17.4 Å². The van der Waals surface area contributed by atoms with Gasteiger partial charge >= 0.3 is 5.97 Å². The van der Waals surface area contributed by atoms with Crippen molar-refractivity contribution in [2.75, 3.05) is 6.54 Å². The second-order valence-corrected chi connectivity index (χ2v) is 8.63. The van der Waals surface area contributed by atoms with Gasteiger partial charge in [-0.3, -0.25) is 23.7 Å². The van der Waals surface area contributed by atoms with Crippen LogP contribution in [0, 0.1) is 13.8 Å². The van der Waals surface area contributed by atoms with Crippen LogP contribution in [0.3, 0.4) is 0 Å². The molecule has 34 heavy (non-hydrogen) atoms. The van der Waals surface area contributed by atoms with Gasteiger partial charge in [0.1, 0.15) is 17.7 Å². The van der Waals surface area contributed by atoms with Crippen LogP contribution in [0.15, 0.2) is 23.0 Å². The van der Waals surface area contributed by atoms with E-state index >= 15 is 0 Å². The minimum absolute atomic E-state index is 0.167. The lowest BCUT2D eigenvalue weighted by Crippen LogP contribution is -2.41. The summed E-state index contributed by atoms with van der Waals surface area (Å²) in [6.07, 6.45) is 4.35. The highest BCUT2D eigenvalue weighted by Gasteiger charge is 2.31. The van der Waals surface area contributed by atoms with Crippen molar-refractivity contribution in [1.29, 1.82) is 0 Å². The van der Waals surface area contributed by atoms with E-state index in [1.807, 2.05) is 26.0 Å². The molecular formula is C24H29N3O7. The molecule has 0 radical (unpaired) electrons. The first-order chi connectivity index (χ1) is 16.1. The van der Waals surface area contributed by atoms with E-state index in [0.29, 0.717) is 5.56 Å². The number of amides is 2. The molecule has 0 bridgehead atoms. The quantitative estimate of drug-likeness (QED) is 0.412. The number of carboxylic acids is 1. The zero-order chi connectivity index (χ0) is 25.0. The van der Waals surface area contributed by atoms with Crippen LogP contribution in [0.4, 0.5) is 0 Å². The van der Waals surface area contributed by atoms with Gasteiger partial charge in [-0.05, 0) is 37.8 Å². The highest BCUT2D eigenvalue weighted by atomic mass is 16.4. The molecule has 3 rings (SSSR count). The minimum Gasteiger partial charge on any atom is -0.506 e. The van der Waals surface area contributed by atoms with E-state index in [1.165, 1.54) is 0 Å². The van der Waals surface area contributed by atoms with Crippen LogP contribution >= 0.6 is 0 Å². The number of benzene rings is 1. The molecular weight excluding hydrogens is 442 g/mol. The molecule has 1 aromatic heterocycles. The van der Waals surface area contributed by atoms with Gasteiger partial charge in [-0.1, -0.05) is 43.0 Å². The Kier molecular flexibility index (Phi) is 7.60. The standard InChI is InChI=1S/C24H29N3O7/c1-13-8-9-15(14(2)10-13)12-27-23(33)18(21(31)25-11-17(28)29)20(30)19(24(27)34)22(32)26-16-6-4-3-5-7-16/h8-10,16,30,33H,3-7,11-12H2,1-2H3,(H,25,31)(H,26,32)(H,28,29).